The first-order valence-corrected chi connectivity index (χ1v) is 5.06. The molecule has 0 bridgehead atoms. The van der Waals surface area contributed by atoms with E-state index in [-0.39, 0.29) is 0 Å². The number of hydrogen-bond donors (Lipinski definition) is 3. The molecule has 0 amide bonds. The molecular formula is C10H8ClN5. The third-order valence-corrected chi connectivity index (χ3v) is 2.55. The van der Waals surface area contributed by atoms with E-state index in [0.717, 1.165) is 11.2 Å². The molecule has 2 aromatic heterocycles. The minimum absolute atomic E-state index is 0.560. The van der Waals surface area contributed by atoms with Crippen LogP contribution in [0.5, 0.6) is 0 Å². The van der Waals surface area contributed by atoms with E-state index in [1.54, 1.807) is 18.3 Å². The third kappa shape index (κ3) is 1.33. The molecule has 0 spiro atoms. The lowest BCUT2D eigenvalue weighted by Crippen LogP contribution is -1.86. The Kier molecular flexibility index (Phi) is 1.87. The maximum Gasteiger partial charge on any atom is 0.156 e. The topological polar surface area (TPSA) is 83.4 Å². The van der Waals surface area contributed by atoms with E-state index in [1.807, 2.05) is 6.07 Å². The maximum absolute atomic E-state index is 5.91. The number of nitrogens with one attached hydrogen (secondary N) is 2. The number of benzene rings is 1. The second-order valence-corrected chi connectivity index (χ2v) is 3.88. The Bertz CT molecular complexity index is 641. The van der Waals surface area contributed by atoms with Crippen LogP contribution in [-0.4, -0.2) is 20.2 Å². The summed E-state index contributed by atoms with van der Waals surface area (Å²) in [4.78, 5) is 7.52. The van der Waals surface area contributed by atoms with E-state index in [1.165, 1.54) is 0 Å². The first-order valence-electron chi connectivity index (χ1n) is 4.68. The first kappa shape index (κ1) is 9.23. The minimum Gasteiger partial charge on any atom is -0.397 e. The smallest absolute Gasteiger partial charge is 0.156 e. The molecule has 0 aliphatic heterocycles. The van der Waals surface area contributed by atoms with Gasteiger partial charge in [0.1, 0.15) is 11.2 Å². The fraction of sp³-hybridized carbons (Fsp3) is 0. The van der Waals surface area contributed by atoms with Gasteiger partial charge in [0, 0.05) is 11.2 Å². The number of nitrogens with two attached hydrogens (primary N) is 1. The predicted octanol–water partition coefficient (Wildman–Crippen LogP) is 2.19. The monoisotopic (exact) mass is 233 g/mol. The summed E-state index contributed by atoms with van der Waals surface area (Å²) in [6.45, 7) is 0. The normalized spacial score (nSPS) is 11.1. The molecule has 5 nitrogen and oxygen atoms in total. The molecule has 0 fully saturated rings. The number of nitrogens with zero attached hydrogens (tertiary/aromatic N) is 2. The highest BCUT2D eigenvalue weighted by molar-refractivity contribution is 6.31. The summed E-state index contributed by atoms with van der Waals surface area (Å²) in [7, 11) is 0. The van der Waals surface area contributed by atoms with E-state index in [4.69, 9.17) is 17.3 Å². The minimum atomic E-state index is 0.560. The van der Waals surface area contributed by atoms with Crippen molar-refractivity contribution >= 4 is 28.3 Å². The molecule has 0 saturated carbocycles. The van der Waals surface area contributed by atoms with Gasteiger partial charge in [-0.15, -0.1) is 0 Å². The number of halogens is 1. The van der Waals surface area contributed by atoms with Crippen LogP contribution in [-0.2, 0) is 0 Å². The van der Waals surface area contributed by atoms with Crippen molar-refractivity contribution in [3.8, 4) is 11.5 Å². The van der Waals surface area contributed by atoms with Crippen molar-refractivity contribution in [2.75, 3.05) is 5.73 Å². The Labute approximate surface area is 95.6 Å². The molecule has 0 unspecified atom stereocenters. The van der Waals surface area contributed by atoms with Crippen molar-refractivity contribution < 1.29 is 0 Å². The highest BCUT2D eigenvalue weighted by Crippen LogP contribution is 2.26. The van der Waals surface area contributed by atoms with Crippen LogP contribution in [0.2, 0.25) is 5.02 Å². The van der Waals surface area contributed by atoms with Gasteiger partial charge >= 0.3 is 0 Å². The SMILES string of the molecule is Nc1cc(Cl)cc2[nH]c(-c3ccn[nH]3)nc12. The molecule has 80 valence electrons. The van der Waals surface area contributed by atoms with Gasteiger partial charge in [-0.1, -0.05) is 11.6 Å². The second kappa shape index (κ2) is 3.24. The highest BCUT2D eigenvalue weighted by Gasteiger charge is 2.09. The predicted molar refractivity (Wildman–Crippen MR) is 63.1 cm³/mol. The molecule has 0 atom stereocenters. The molecule has 2 heterocycles. The van der Waals surface area contributed by atoms with Crippen LogP contribution in [0, 0.1) is 0 Å². The summed E-state index contributed by atoms with van der Waals surface area (Å²) in [5, 5.41) is 7.29. The van der Waals surface area contributed by atoms with E-state index in [9.17, 15) is 0 Å². The second-order valence-electron chi connectivity index (χ2n) is 3.45. The molecule has 0 saturated heterocycles. The number of fused-ring (bicyclic) bond motifs is 1. The largest absolute Gasteiger partial charge is 0.397 e. The van der Waals surface area contributed by atoms with Gasteiger partial charge in [-0.2, -0.15) is 5.10 Å². The maximum atomic E-state index is 5.91. The fourth-order valence-electron chi connectivity index (χ4n) is 1.62. The Balaban J connectivity index is 2.27. The Hall–Kier alpha value is -2.01. The van der Waals surface area contributed by atoms with Crippen LogP contribution in [0.1, 0.15) is 0 Å². The number of anilines is 1. The lowest BCUT2D eigenvalue weighted by atomic mass is 10.3. The van der Waals surface area contributed by atoms with Crippen LogP contribution < -0.4 is 5.73 Å². The van der Waals surface area contributed by atoms with E-state index >= 15 is 0 Å². The van der Waals surface area contributed by atoms with E-state index < -0.39 is 0 Å². The Morgan fingerprint density at radius 2 is 2.19 bits per heavy atom. The molecule has 0 radical (unpaired) electrons. The number of nitrogen functional groups attached to an aromatic ring is 1. The van der Waals surface area contributed by atoms with Gasteiger partial charge in [0.25, 0.3) is 0 Å². The molecule has 0 aliphatic rings. The molecule has 16 heavy (non-hydrogen) atoms. The zero-order valence-corrected chi connectivity index (χ0v) is 8.92. The summed E-state index contributed by atoms with van der Waals surface area (Å²) in [6, 6.07) is 5.30. The fourth-order valence-corrected chi connectivity index (χ4v) is 1.85. The molecule has 3 aromatic rings. The molecule has 4 N–H and O–H groups in total. The van der Waals surface area contributed by atoms with Crippen LogP contribution >= 0.6 is 11.6 Å². The average molecular weight is 234 g/mol. The average Bonchev–Trinajstić information content (AvgIpc) is 2.82. The summed E-state index contributed by atoms with van der Waals surface area (Å²) >= 11 is 5.91. The number of hydrogen-bond acceptors (Lipinski definition) is 3. The van der Waals surface area contributed by atoms with Crippen LogP contribution in [0.4, 0.5) is 5.69 Å². The lowest BCUT2D eigenvalue weighted by molar-refractivity contribution is 1.08. The van der Waals surface area contributed by atoms with Gasteiger partial charge in [-0.05, 0) is 18.2 Å². The summed E-state index contributed by atoms with van der Waals surface area (Å²) in [5.74, 6) is 0.696. The van der Waals surface area contributed by atoms with E-state index in [2.05, 4.69) is 20.2 Å². The molecule has 1 aromatic carbocycles. The summed E-state index contributed by atoms with van der Waals surface area (Å²) in [5.41, 5.74) is 8.73. The van der Waals surface area contributed by atoms with Crippen LogP contribution in [0.15, 0.2) is 24.4 Å². The van der Waals surface area contributed by atoms with Crippen molar-refractivity contribution in [3.63, 3.8) is 0 Å². The van der Waals surface area contributed by atoms with Gasteiger partial charge in [-0.3, -0.25) is 5.10 Å². The third-order valence-electron chi connectivity index (χ3n) is 2.34. The number of rotatable bonds is 1. The molecule has 0 aliphatic carbocycles. The van der Waals surface area contributed by atoms with Gasteiger partial charge in [-0.25, -0.2) is 4.98 Å². The number of aromatic nitrogens is 4. The molecular weight excluding hydrogens is 226 g/mol. The Morgan fingerprint density at radius 3 is 2.94 bits per heavy atom. The molecule has 3 rings (SSSR count). The molecule has 6 heteroatoms. The van der Waals surface area contributed by atoms with Crippen molar-refractivity contribution in [2.24, 2.45) is 0 Å². The number of aromatic amines is 2. The van der Waals surface area contributed by atoms with Crippen LogP contribution in [0.3, 0.4) is 0 Å². The summed E-state index contributed by atoms with van der Waals surface area (Å²) < 4.78 is 0. The van der Waals surface area contributed by atoms with Gasteiger partial charge < -0.3 is 10.7 Å². The first-order chi connectivity index (χ1) is 7.74. The zero-order valence-electron chi connectivity index (χ0n) is 8.16. The van der Waals surface area contributed by atoms with E-state index in [0.29, 0.717) is 22.1 Å². The summed E-state index contributed by atoms with van der Waals surface area (Å²) in [6.07, 6.45) is 1.67. The van der Waals surface area contributed by atoms with Crippen LogP contribution in [0.25, 0.3) is 22.6 Å². The van der Waals surface area contributed by atoms with Crippen molar-refractivity contribution in [1.82, 2.24) is 20.2 Å². The lowest BCUT2D eigenvalue weighted by Gasteiger charge is -1.94. The van der Waals surface area contributed by atoms with Crippen molar-refractivity contribution in [2.45, 2.75) is 0 Å². The van der Waals surface area contributed by atoms with Gasteiger partial charge in [0.15, 0.2) is 5.82 Å². The van der Waals surface area contributed by atoms with Gasteiger partial charge in [0.05, 0.1) is 11.2 Å². The standard InChI is InChI=1S/C10H8ClN5/c11-5-3-6(12)9-8(4-5)14-10(15-9)7-1-2-13-16-7/h1-4H,12H2,(H,13,16)(H,14,15). The Morgan fingerprint density at radius 1 is 1.31 bits per heavy atom. The highest BCUT2D eigenvalue weighted by atomic mass is 35.5. The quantitative estimate of drug-likeness (QED) is 0.564. The van der Waals surface area contributed by atoms with Crippen molar-refractivity contribution in [1.29, 1.82) is 0 Å². The van der Waals surface area contributed by atoms with Gasteiger partial charge in [0.2, 0.25) is 0 Å². The number of H-pyrrole nitrogens is 2. The number of imidazole rings is 1. The zero-order chi connectivity index (χ0) is 11.1. The van der Waals surface area contributed by atoms with Crippen molar-refractivity contribution in [3.05, 3.63) is 29.4 Å².